The number of fused-ring (bicyclic) bond motifs is 6. The molecule has 124 valence electrons. The van der Waals surface area contributed by atoms with Crippen LogP contribution in [0.15, 0.2) is 9.98 Å². The number of rotatable bonds is 2. The van der Waals surface area contributed by atoms with E-state index >= 15 is 0 Å². The average Bonchev–Trinajstić information content (AvgIpc) is 3.40. The first-order valence-electron chi connectivity index (χ1n) is 6.79. The Balaban J connectivity index is 2.07. The Morgan fingerprint density at radius 3 is 1.89 bits per heavy atom. The van der Waals surface area contributed by atoms with E-state index in [0.29, 0.717) is 31.5 Å². The summed E-state index contributed by atoms with van der Waals surface area (Å²) in [5, 5.41) is 27.1. The first-order valence-corrected chi connectivity index (χ1v) is 9.15. The van der Waals surface area contributed by atoms with Gasteiger partial charge in [-0.2, -0.15) is 29.2 Å². The molecule has 0 spiro atoms. The van der Waals surface area contributed by atoms with E-state index in [2.05, 4.69) is 33.5 Å². The minimum Gasteiger partial charge on any atom is -0.351 e. The van der Waals surface area contributed by atoms with Gasteiger partial charge >= 0.3 is 11.0 Å². The number of hydrogen-bond acceptors (Lipinski definition) is 12. The van der Waals surface area contributed by atoms with Gasteiger partial charge in [-0.05, 0) is 0 Å². The van der Waals surface area contributed by atoms with Gasteiger partial charge in [-0.3, -0.25) is 0 Å². The summed E-state index contributed by atoms with van der Waals surface area (Å²) in [6, 6.07) is 5.09. The molecule has 4 aromatic rings. The third-order valence-electron chi connectivity index (χ3n) is 3.20. The van der Waals surface area contributed by atoms with Gasteiger partial charge in [0.25, 0.3) is 0 Å². The van der Waals surface area contributed by atoms with Crippen LogP contribution >= 0.6 is 34.4 Å². The fourth-order valence-corrected chi connectivity index (χ4v) is 4.74. The second-order valence-corrected chi connectivity index (χ2v) is 7.14. The zero-order valence-corrected chi connectivity index (χ0v) is 15.1. The van der Waals surface area contributed by atoms with Gasteiger partial charge in [0.15, 0.2) is 0 Å². The van der Waals surface area contributed by atoms with Crippen LogP contribution in [0.4, 0.5) is 10.3 Å². The summed E-state index contributed by atoms with van der Waals surface area (Å²) in [4.78, 5) is 19.7. The third kappa shape index (κ3) is 2.65. The summed E-state index contributed by atoms with van der Waals surface area (Å²) < 4.78 is 9.93. The van der Waals surface area contributed by atoms with Gasteiger partial charge in [0.05, 0.1) is 21.1 Å². The van der Waals surface area contributed by atoms with Gasteiger partial charge in [0, 0.05) is 0 Å². The second kappa shape index (κ2) is 6.45. The quantitative estimate of drug-likeness (QED) is 0.281. The Bertz CT molecular complexity index is 1330. The highest BCUT2D eigenvalue weighted by Crippen LogP contribution is 2.43. The number of nitriles is 3. The maximum atomic E-state index is 8.89. The normalized spacial score (nSPS) is 11.0. The topological polar surface area (TPSA) is 152 Å². The monoisotopic (exact) mass is 404 g/mol. The number of aromatic nitrogens is 4. The molecular weight excluding hydrogens is 404 g/mol. The van der Waals surface area contributed by atoms with Crippen LogP contribution in [0.5, 0.6) is 0 Å². The minimum atomic E-state index is -0.319. The van der Waals surface area contributed by atoms with Crippen LogP contribution in [0.1, 0.15) is 0 Å². The lowest BCUT2D eigenvalue weighted by Crippen LogP contribution is -1.85. The van der Waals surface area contributed by atoms with Crippen LogP contribution in [0.25, 0.3) is 36.3 Å². The molecule has 3 aromatic heterocycles. The van der Waals surface area contributed by atoms with Crippen molar-refractivity contribution in [2.45, 2.75) is 0 Å². The minimum absolute atomic E-state index is 0.238. The molecule has 0 bridgehead atoms. The number of amidine groups is 1. The van der Waals surface area contributed by atoms with Gasteiger partial charge in [-0.1, -0.05) is 34.2 Å². The molecule has 0 aliphatic rings. The molecule has 1 aromatic carbocycles. The van der Waals surface area contributed by atoms with E-state index < -0.39 is 0 Å². The summed E-state index contributed by atoms with van der Waals surface area (Å²) >= 11 is 3.36. The molecule has 0 amide bonds. The Hall–Kier alpha value is -3.88. The molecule has 0 N–H and O–H groups in total. The maximum Gasteiger partial charge on any atom is 0.352 e. The lowest BCUT2D eigenvalue weighted by molar-refractivity contribution is 1.40. The molecule has 0 fully saturated rings. The van der Waals surface area contributed by atoms with Crippen LogP contribution in [0.3, 0.4) is 0 Å². The molecule has 0 unspecified atom stereocenters. The Kier molecular flexibility index (Phi) is 3.96. The Morgan fingerprint density at radius 2 is 1.41 bits per heavy atom. The van der Waals surface area contributed by atoms with Crippen molar-refractivity contribution in [3.63, 3.8) is 0 Å². The highest BCUT2D eigenvalue weighted by Gasteiger charge is 2.21. The SMILES string of the molecule is [C-]#[N+]/C(C#N)=N/c1nc2c3nsnc3c3nc(N=C(C#N)C#N)sc3c2s1. The van der Waals surface area contributed by atoms with Crippen molar-refractivity contribution < 1.29 is 0 Å². The molecule has 0 atom stereocenters. The van der Waals surface area contributed by atoms with Crippen molar-refractivity contribution in [3.8, 4) is 18.2 Å². The predicted octanol–water partition coefficient (Wildman–Crippen LogP) is 3.50. The van der Waals surface area contributed by atoms with Crippen LogP contribution in [-0.2, 0) is 0 Å². The zero-order chi connectivity index (χ0) is 19.0. The van der Waals surface area contributed by atoms with Crippen molar-refractivity contribution in [2.24, 2.45) is 9.98 Å². The Labute approximate surface area is 161 Å². The molecule has 0 saturated carbocycles. The lowest BCUT2D eigenvalue weighted by Gasteiger charge is -1.90. The largest absolute Gasteiger partial charge is 0.352 e. The summed E-state index contributed by atoms with van der Waals surface area (Å²) in [5.74, 6) is -0.319. The van der Waals surface area contributed by atoms with Crippen LogP contribution in [-0.4, -0.2) is 30.3 Å². The molecule has 0 aliphatic heterocycles. The van der Waals surface area contributed by atoms with Crippen LogP contribution in [0.2, 0.25) is 0 Å². The second-order valence-electron chi connectivity index (χ2n) is 4.65. The molecular formula is C14N10S3. The predicted molar refractivity (Wildman–Crippen MR) is 101 cm³/mol. The Morgan fingerprint density at radius 1 is 0.852 bits per heavy atom. The molecule has 0 radical (unpaired) electrons. The van der Waals surface area contributed by atoms with Gasteiger partial charge < -0.3 is 4.85 Å². The number of benzene rings is 1. The van der Waals surface area contributed by atoms with Crippen LogP contribution < -0.4 is 0 Å². The number of thiazole rings is 2. The highest BCUT2D eigenvalue weighted by atomic mass is 32.1. The van der Waals surface area contributed by atoms with E-state index in [1.807, 2.05) is 0 Å². The smallest absolute Gasteiger partial charge is 0.351 e. The fraction of sp³-hybridized carbons (Fsp3) is 0. The van der Waals surface area contributed by atoms with E-state index in [1.165, 1.54) is 22.7 Å². The highest BCUT2D eigenvalue weighted by molar-refractivity contribution is 7.30. The zero-order valence-electron chi connectivity index (χ0n) is 12.7. The standard InChI is InChI=1S/C14N10S3/c1-18-6(4-17)20-14-22-10-8-7(23-27-24-8)9-11(12(10)26-14)25-13(21-9)19-5(2-15)3-16/b20-6+. The van der Waals surface area contributed by atoms with Gasteiger partial charge in [0.2, 0.25) is 10.8 Å². The van der Waals surface area contributed by atoms with Crippen LogP contribution in [0, 0.1) is 40.6 Å². The average molecular weight is 404 g/mol. The van der Waals surface area contributed by atoms with E-state index in [-0.39, 0.29) is 21.8 Å². The summed E-state index contributed by atoms with van der Waals surface area (Å²) in [6.45, 7) is 6.94. The number of nitrogens with zero attached hydrogens (tertiary/aromatic N) is 10. The van der Waals surface area contributed by atoms with Crippen molar-refractivity contribution >= 4 is 87.7 Å². The van der Waals surface area contributed by atoms with Crippen molar-refractivity contribution in [2.75, 3.05) is 0 Å². The fourth-order valence-electron chi connectivity index (χ4n) is 2.18. The van der Waals surface area contributed by atoms with Gasteiger partial charge in [-0.15, -0.1) is 0 Å². The number of aliphatic imine (C=N–C) groups is 2. The van der Waals surface area contributed by atoms with E-state index in [4.69, 9.17) is 22.4 Å². The summed E-state index contributed by atoms with van der Waals surface area (Å²) in [7, 11) is 0. The van der Waals surface area contributed by atoms with Crippen molar-refractivity contribution in [3.05, 3.63) is 11.4 Å². The third-order valence-corrected chi connectivity index (χ3v) is 5.79. The van der Waals surface area contributed by atoms with E-state index in [1.54, 1.807) is 18.2 Å². The van der Waals surface area contributed by atoms with Crippen molar-refractivity contribution in [1.82, 2.24) is 18.7 Å². The van der Waals surface area contributed by atoms with Crippen molar-refractivity contribution in [1.29, 1.82) is 15.8 Å². The molecule has 3 heterocycles. The van der Waals surface area contributed by atoms with E-state index in [0.717, 1.165) is 11.7 Å². The molecule has 0 aliphatic carbocycles. The summed E-state index contributed by atoms with van der Waals surface area (Å²) in [5.41, 5.74) is 1.83. The lowest BCUT2D eigenvalue weighted by atomic mass is 10.2. The van der Waals surface area contributed by atoms with E-state index in [9.17, 15) is 0 Å². The van der Waals surface area contributed by atoms with Gasteiger partial charge in [0.1, 0.15) is 40.3 Å². The molecule has 13 heteroatoms. The molecule has 10 nitrogen and oxygen atoms in total. The molecule has 0 saturated heterocycles. The maximum absolute atomic E-state index is 8.89. The molecule has 4 rings (SSSR count). The first kappa shape index (κ1) is 16.6. The van der Waals surface area contributed by atoms with Gasteiger partial charge in [-0.25, -0.2) is 10.2 Å². The first-order chi connectivity index (χ1) is 13.2. The number of hydrogen-bond donors (Lipinski definition) is 0. The molecule has 27 heavy (non-hydrogen) atoms. The summed E-state index contributed by atoms with van der Waals surface area (Å²) in [6.07, 6.45) is 0.